The molecule has 16 heavy (non-hydrogen) atoms. The molecule has 1 rings (SSSR count). The number of ketones is 1. The monoisotopic (exact) mass is 544 g/mol. The van der Waals surface area contributed by atoms with E-state index >= 15 is 0 Å². The highest BCUT2D eigenvalue weighted by Gasteiger charge is 2.52. The molecule has 0 radical (unpaired) electrons. The third kappa shape index (κ3) is 2.97. The summed E-state index contributed by atoms with van der Waals surface area (Å²) in [7, 11) is 0. The molecule has 1 nitrogen and oxygen atoms in total. The van der Waals surface area contributed by atoms with Crippen LogP contribution in [0.3, 0.4) is 0 Å². The van der Waals surface area contributed by atoms with Crippen LogP contribution in [0.25, 0.3) is 0 Å². The van der Waals surface area contributed by atoms with Crippen molar-refractivity contribution in [2.75, 3.05) is 5.33 Å². The van der Waals surface area contributed by atoms with E-state index < -0.39 is 4.32 Å². The van der Waals surface area contributed by atoms with E-state index in [1.807, 2.05) is 6.92 Å². The summed E-state index contributed by atoms with van der Waals surface area (Å²) < 4.78 is -0.556. The van der Waals surface area contributed by atoms with Crippen molar-refractivity contribution in [2.45, 2.75) is 38.6 Å². The minimum Gasteiger partial charge on any atom is -0.297 e. The minimum atomic E-state index is -0.479. The molecule has 1 fully saturated rings. The van der Waals surface area contributed by atoms with Crippen LogP contribution < -0.4 is 0 Å². The Hall–Kier alpha value is 2.07. The van der Waals surface area contributed by atoms with Gasteiger partial charge in [-0.3, -0.25) is 4.79 Å². The summed E-state index contributed by atoms with van der Waals surface area (Å²) in [6.07, 6.45) is 0.941. The quantitative estimate of drug-likeness (QED) is 0.453. The Morgan fingerprint density at radius 1 is 1.50 bits per heavy atom. The van der Waals surface area contributed by atoms with Crippen molar-refractivity contribution in [3.63, 3.8) is 0 Å². The molecule has 0 amide bonds. The molecule has 94 valence electrons. The van der Waals surface area contributed by atoms with Crippen molar-refractivity contribution in [1.29, 1.82) is 0 Å². The van der Waals surface area contributed by atoms with Gasteiger partial charge in [-0.25, -0.2) is 0 Å². The molecule has 0 spiro atoms. The fourth-order valence-electron chi connectivity index (χ4n) is 1.82. The summed E-state index contributed by atoms with van der Waals surface area (Å²) in [5, 5.41) is 0.818. The molecule has 0 aliphatic heterocycles. The zero-order valence-electron chi connectivity index (χ0n) is 8.94. The lowest BCUT2D eigenvalue weighted by atomic mass is 9.76. The molecule has 0 bridgehead atoms. The maximum absolute atomic E-state index is 12.3. The van der Waals surface area contributed by atoms with Gasteiger partial charge in [-0.15, -0.1) is 0 Å². The molecular formula is C10H13Br5O. The first-order chi connectivity index (χ1) is 7.14. The van der Waals surface area contributed by atoms with Crippen LogP contribution in [0.5, 0.6) is 0 Å². The van der Waals surface area contributed by atoms with Crippen LogP contribution in [0.4, 0.5) is 0 Å². The van der Waals surface area contributed by atoms with E-state index in [2.05, 4.69) is 86.6 Å². The Labute approximate surface area is 139 Å². The van der Waals surface area contributed by atoms with Gasteiger partial charge in [-0.1, -0.05) is 79.6 Å². The van der Waals surface area contributed by atoms with Crippen molar-refractivity contribution >= 4 is 85.4 Å². The van der Waals surface area contributed by atoms with Gasteiger partial charge in [-0.05, 0) is 26.2 Å². The van der Waals surface area contributed by atoms with Gasteiger partial charge >= 0.3 is 0 Å². The number of halogens is 5. The van der Waals surface area contributed by atoms with E-state index in [1.165, 1.54) is 0 Å². The standard InChI is InChI=1S/C10H13Br5O/c1-9(14,4-11)5-3-6(12)10(2,15)8(16)7(5)13/h5-7H,3-4H2,1-2H3/t5-,6-,7+,9+,10+/m1/s1. The van der Waals surface area contributed by atoms with Gasteiger partial charge in [0.15, 0.2) is 5.78 Å². The minimum absolute atomic E-state index is 0.0770. The first kappa shape index (κ1) is 16.1. The highest BCUT2D eigenvalue weighted by Crippen LogP contribution is 2.48. The van der Waals surface area contributed by atoms with Crippen LogP contribution in [0.1, 0.15) is 20.3 Å². The van der Waals surface area contributed by atoms with E-state index in [0.29, 0.717) is 0 Å². The van der Waals surface area contributed by atoms with Gasteiger partial charge in [0.1, 0.15) is 0 Å². The van der Waals surface area contributed by atoms with E-state index in [0.717, 1.165) is 11.8 Å². The van der Waals surface area contributed by atoms with Crippen LogP contribution in [-0.4, -0.2) is 29.4 Å². The van der Waals surface area contributed by atoms with E-state index in [4.69, 9.17) is 0 Å². The lowest BCUT2D eigenvalue weighted by Crippen LogP contribution is -2.55. The third-order valence-electron chi connectivity index (χ3n) is 3.17. The first-order valence-electron chi connectivity index (χ1n) is 4.91. The summed E-state index contributed by atoms with van der Waals surface area (Å²) >= 11 is 17.9. The second-order valence-electron chi connectivity index (χ2n) is 4.56. The van der Waals surface area contributed by atoms with Crippen molar-refractivity contribution in [3.05, 3.63) is 0 Å². The molecule has 0 aromatic carbocycles. The van der Waals surface area contributed by atoms with Gasteiger partial charge in [0.05, 0.1) is 9.15 Å². The second kappa shape index (κ2) is 5.59. The van der Waals surface area contributed by atoms with Gasteiger partial charge in [-0.2, -0.15) is 0 Å². The Balaban J connectivity index is 2.99. The molecule has 0 saturated heterocycles. The average Bonchev–Trinajstić information content (AvgIpc) is 2.21. The van der Waals surface area contributed by atoms with Gasteiger partial charge in [0.2, 0.25) is 0 Å². The van der Waals surface area contributed by atoms with Gasteiger partial charge < -0.3 is 0 Å². The maximum Gasteiger partial charge on any atom is 0.164 e. The molecule has 0 unspecified atom stereocenters. The molecule has 5 atom stereocenters. The summed E-state index contributed by atoms with van der Waals surface area (Å²) in [6, 6.07) is 0. The van der Waals surface area contributed by atoms with Crippen molar-refractivity contribution in [3.8, 4) is 0 Å². The average molecular weight is 549 g/mol. The number of alkyl halides is 5. The molecular weight excluding hydrogens is 536 g/mol. The number of hydrogen-bond donors (Lipinski definition) is 0. The summed E-state index contributed by atoms with van der Waals surface area (Å²) in [4.78, 5) is 12.3. The van der Waals surface area contributed by atoms with Gasteiger partial charge in [0.25, 0.3) is 0 Å². The largest absolute Gasteiger partial charge is 0.297 e. The number of Topliss-reactive ketones (excluding diaryl/α,β-unsaturated/α-hetero) is 1. The summed E-state index contributed by atoms with van der Waals surface area (Å²) in [5.41, 5.74) is 0. The Morgan fingerprint density at radius 3 is 2.44 bits per heavy atom. The number of hydrogen-bond acceptors (Lipinski definition) is 1. The fraction of sp³-hybridized carbons (Fsp3) is 0.900. The van der Waals surface area contributed by atoms with Crippen molar-refractivity contribution in [1.82, 2.24) is 0 Å². The Morgan fingerprint density at radius 2 is 2.00 bits per heavy atom. The van der Waals surface area contributed by atoms with E-state index in [-0.39, 0.29) is 25.7 Å². The number of carbonyl (C=O) groups is 1. The van der Waals surface area contributed by atoms with Crippen LogP contribution in [-0.2, 0) is 4.79 Å². The normalized spacial score (nSPS) is 44.2. The molecule has 1 aliphatic carbocycles. The highest BCUT2D eigenvalue weighted by atomic mass is 79.9. The topological polar surface area (TPSA) is 17.1 Å². The molecule has 6 heteroatoms. The summed E-state index contributed by atoms with van der Waals surface area (Å²) in [6.45, 7) is 4.05. The first-order valence-corrected chi connectivity index (χ1v) is 9.44. The summed E-state index contributed by atoms with van der Waals surface area (Å²) in [5.74, 6) is 0.464. The van der Waals surface area contributed by atoms with Crippen molar-refractivity contribution < 1.29 is 4.79 Å². The maximum atomic E-state index is 12.3. The Kier molecular flexibility index (Phi) is 5.64. The Bertz CT molecular complexity index is 289. The number of rotatable bonds is 2. The lowest BCUT2D eigenvalue weighted by molar-refractivity contribution is -0.122. The highest BCUT2D eigenvalue weighted by molar-refractivity contribution is 9.13. The van der Waals surface area contributed by atoms with Crippen LogP contribution in [0, 0.1) is 5.92 Å². The molecule has 0 aromatic heterocycles. The smallest absolute Gasteiger partial charge is 0.164 e. The molecule has 1 aliphatic rings. The van der Waals surface area contributed by atoms with E-state index in [9.17, 15) is 4.79 Å². The molecule has 1 saturated carbocycles. The molecule has 0 aromatic rings. The predicted molar refractivity (Wildman–Crippen MR) is 87.0 cm³/mol. The SMILES string of the molecule is C[C@](Br)(CBr)[C@@H]1C[C@@H](Br)[C@](C)(Br)C(=O)[C@H]1Br. The molecule has 0 heterocycles. The lowest BCUT2D eigenvalue weighted by Gasteiger charge is -2.44. The third-order valence-corrected chi connectivity index (χ3v) is 9.86. The van der Waals surface area contributed by atoms with Crippen LogP contribution >= 0.6 is 79.6 Å². The van der Waals surface area contributed by atoms with Crippen LogP contribution in [0.15, 0.2) is 0 Å². The second-order valence-corrected chi connectivity index (χ2v) is 10.7. The van der Waals surface area contributed by atoms with Crippen molar-refractivity contribution in [2.24, 2.45) is 5.92 Å². The zero-order chi connectivity index (χ0) is 12.7. The molecule has 0 N–H and O–H groups in total. The number of carbonyl (C=O) groups excluding carboxylic acids is 1. The predicted octanol–water partition coefficient (Wildman–Crippen LogP) is 4.80. The van der Waals surface area contributed by atoms with E-state index in [1.54, 1.807) is 0 Å². The fourth-order valence-corrected chi connectivity index (χ4v) is 5.69. The van der Waals surface area contributed by atoms with Gasteiger partial charge in [0, 0.05) is 14.5 Å². The van der Waals surface area contributed by atoms with Crippen LogP contribution in [0.2, 0.25) is 0 Å². The zero-order valence-corrected chi connectivity index (χ0v) is 16.9.